The smallest absolute Gasteiger partial charge is 0.244 e. The molecule has 1 aliphatic rings. The molecule has 6 heteroatoms. The van der Waals surface area contributed by atoms with Crippen molar-refractivity contribution in [2.45, 2.75) is 24.3 Å². The Morgan fingerprint density at radius 3 is 2.68 bits per heavy atom. The van der Waals surface area contributed by atoms with Gasteiger partial charge in [0, 0.05) is 25.2 Å². The van der Waals surface area contributed by atoms with Gasteiger partial charge in [-0.3, -0.25) is 0 Å². The standard InChI is InChI=1S/C13H17N3O2S/c1-13(2)10-16(8-7-15-13)19(17,18)12-6-4-3-5-11(12)9-14/h3-6,15H,7-8,10H2,1-2H3. The molecular weight excluding hydrogens is 262 g/mol. The van der Waals surface area contributed by atoms with Crippen LogP contribution in [0, 0.1) is 11.3 Å². The van der Waals surface area contributed by atoms with E-state index in [-0.39, 0.29) is 16.0 Å². The predicted octanol–water partition coefficient (Wildman–Crippen LogP) is 0.931. The van der Waals surface area contributed by atoms with Crippen LogP contribution in [0.1, 0.15) is 19.4 Å². The number of nitriles is 1. The van der Waals surface area contributed by atoms with E-state index >= 15 is 0 Å². The lowest BCUT2D eigenvalue weighted by molar-refractivity contribution is 0.233. The van der Waals surface area contributed by atoms with Crippen molar-refractivity contribution in [2.24, 2.45) is 0 Å². The van der Waals surface area contributed by atoms with Gasteiger partial charge < -0.3 is 5.32 Å². The molecule has 0 radical (unpaired) electrons. The lowest BCUT2D eigenvalue weighted by atomic mass is 10.0. The van der Waals surface area contributed by atoms with Crippen LogP contribution in [0.3, 0.4) is 0 Å². The highest BCUT2D eigenvalue weighted by atomic mass is 32.2. The monoisotopic (exact) mass is 279 g/mol. The maximum absolute atomic E-state index is 12.6. The Bertz CT molecular complexity index is 617. The van der Waals surface area contributed by atoms with Gasteiger partial charge in [-0.1, -0.05) is 12.1 Å². The summed E-state index contributed by atoms with van der Waals surface area (Å²) >= 11 is 0. The summed E-state index contributed by atoms with van der Waals surface area (Å²) in [6.07, 6.45) is 0. The topological polar surface area (TPSA) is 73.2 Å². The zero-order valence-corrected chi connectivity index (χ0v) is 11.9. The van der Waals surface area contributed by atoms with Crippen LogP contribution in [0.2, 0.25) is 0 Å². The Labute approximate surface area is 113 Å². The van der Waals surface area contributed by atoms with Crippen LogP contribution in [0.4, 0.5) is 0 Å². The molecule has 2 rings (SSSR count). The third-order valence-electron chi connectivity index (χ3n) is 3.16. The lowest BCUT2D eigenvalue weighted by Crippen LogP contribution is -2.58. The molecule has 0 aliphatic carbocycles. The first-order valence-electron chi connectivity index (χ1n) is 6.11. The average molecular weight is 279 g/mol. The summed E-state index contributed by atoms with van der Waals surface area (Å²) in [5.41, 5.74) is -0.0637. The number of sulfonamides is 1. The number of benzene rings is 1. The fourth-order valence-electron chi connectivity index (χ4n) is 2.22. The van der Waals surface area contributed by atoms with Gasteiger partial charge in [-0.05, 0) is 26.0 Å². The Morgan fingerprint density at radius 2 is 2.05 bits per heavy atom. The Morgan fingerprint density at radius 1 is 1.37 bits per heavy atom. The van der Waals surface area contributed by atoms with Gasteiger partial charge >= 0.3 is 0 Å². The third-order valence-corrected chi connectivity index (χ3v) is 5.07. The van der Waals surface area contributed by atoms with E-state index < -0.39 is 10.0 Å². The molecule has 1 saturated heterocycles. The molecule has 0 unspecified atom stereocenters. The first-order chi connectivity index (χ1) is 8.87. The summed E-state index contributed by atoms with van der Waals surface area (Å²) in [5.74, 6) is 0. The number of hydrogen-bond acceptors (Lipinski definition) is 4. The number of rotatable bonds is 2. The fraction of sp³-hybridized carbons (Fsp3) is 0.462. The van der Waals surface area contributed by atoms with E-state index in [1.165, 1.54) is 16.4 Å². The second-order valence-electron chi connectivity index (χ2n) is 5.26. The van der Waals surface area contributed by atoms with Crippen molar-refractivity contribution in [3.8, 4) is 6.07 Å². The summed E-state index contributed by atoms with van der Waals surface area (Å²) in [4.78, 5) is 0.0928. The van der Waals surface area contributed by atoms with Gasteiger partial charge in [0.1, 0.15) is 6.07 Å². The zero-order chi connectivity index (χ0) is 14.1. The molecule has 5 nitrogen and oxygen atoms in total. The van der Waals surface area contributed by atoms with E-state index in [1.54, 1.807) is 12.1 Å². The second kappa shape index (κ2) is 4.93. The minimum Gasteiger partial charge on any atom is -0.309 e. The molecule has 0 spiro atoms. The molecule has 0 atom stereocenters. The minimum atomic E-state index is -3.60. The van der Waals surface area contributed by atoms with Crippen molar-refractivity contribution in [3.63, 3.8) is 0 Å². The normalized spacial score (nSPS) is 19.8. The molecule has 1 N–H and O–H groups in total. The van der Waals surface area contributed by atoms with Crippen LogP contribution in [0.5, 0.6) is 0 Å². The van der Waals surface area contributed by atoms with E-state index in [1.807, 2.05) is 19.9 Å². The molecule has 1 fully saturated rings. The van der Waals surface area contributed by atoms with Gasteiger partial charge in [0.05, 0.1) is 10.5 Å². The summed E-state index contributed by atoms with van der Waals surface area (Å²) in [6.45, 7) is 5.36. The Hall–Kier alpha value is -1.42. The second-order valence-corrected chi connectivity index (χ2v) is 7.16. The number of piperazine rings is 1. The summed E-state index contributed by atoms with van der Waals surface area (Å²) < 4.78 is 26.6. The number of nitrogens with zero attached hydrogens (tertiary/aromatic N) is 2. The number of hydrogen-bond donors (Lipinski definition) is 1. The van der Waals surface area contributed by atoms with Gasteiger partial charge in [0.2, 0.25) is 10.0 Å². The summed E-state index contributed by atoms with van der Waals surface area (Å²) in [5, 5.41) is 12.3. The van der Waals surface area contributed by atoms with Crippen molar-refractivity contribution in [1.82, 2.24) is 9.62 Å². The highest BCUT2D eigenvalue weighted by Gasteiger charge is 2.34. The fourth-order valence-corrected chi connectivity index (χ4v) is 3.97. The lowest BCUT2D eigenvalue weighted by Gasteiger charge is -2.38. The molecule has 1 aromatic carbocycles. The number of nitrogens with one attached hydrogen (secondary N) is 1. The van der Waals surface area contributed by atoms with Crippen molar-refractivity contribution in [2.75, 3.05) is 19.6 Å². The van der Waals surface area contributed by atoms with Crippen molar-refractivity contribution in [3.05, 3.63) is 29.8 Å². The first-order valence-corrected chi connectivity index (χ1v) is 7.55. The van der Waals surface area contributed by atoms with Gasteiger partial charge in [0.15, 0.2) is 0 Å². The molecular formula is C13H17N3O2S. The van der Waals surface area contributed by atoms with Crippen LogP contribution < -0.4 is 5.32 Å². The molecule has 0 bridgehead atoms. The zero-order valence-electron chi connectivity index (χ0n) is 11.0. The molecule has 102 valence electrons. The highest BCUT2D eigenvalue weighted by Crippen LogP contribution is 2.22. The van der Waals surface area contributed by atoms with Crippen LogP contribution >= 0.6 is 0 Å². The first kappa shape index (κ1) is 14.0. The summed E-state index contributed by atoms with van der Waals surface area (Å²) in [6, 6.07) is 8.26. The highest BCUT2D eigenvalue weighted by molar-refractivity contribution is 7.89. The Kier molecular flexibility index (Phi) is 3.63. The molecule has 19 heavy (non-hydrogen) atoms. The average Bonchev–Trinajstić information content (AvgIpc) is 2.37. The van der Waals surface area contributed by atoms with E-state index in [0.29, 0.717) is 19.6 Å². The van der Waals surface area contributed by atoms with Crippen molar-refractivity contribution < 1.29 is 8.42 Å². The van der Waals surface area contributed by atoms with E-state index in [2.05, 4.69) is 5.32 Å². The molecule has 0 aromatic heterocycles. The van der Waals surface area contributed by atoms with Gasteiger partial charge in [-0.15, -0.1) is 0 Å². The predicted molar refractivity (Wildman–Crippen MR) is 72.0 cm³/mol. The van der Waals surface area contributed by atoms with Crippen LogP contribution in [-0.2, 0) is 10.0 Å². The van der Waals surface area contributed by atoms with Crippen LogP contribution in [0.15, 0.2) is 29.2 Å². The molecule has 1 aromatic rings. The minimum absolute atomic E-state index is 0.0928. The van der Waals surface area contributed by atoms with E-state index in [9.17, 15) is 8.42 Å². The summed E-state index contributed by atoms with van der Waals surface area (Å²) in [7, 11) is -3.60. The maximum Gasteiger partial charge on any atom is 0.244 e. The van der Waals surface area contributed by atoms with Crippen LogP contribution in [-0.4, -0.2) is 37.9 Å². The van der Waals surface area contributed by atoms with Crippen LogP contribution in [0.25, 0.3) is 0 Å². The van der Waals surface area contributed by atoms with Crippen molar-refractivity contribution >= 4 is 10.0 Å². The molecule has 1 aliphatic heterocycles. The molecule has 0 saturated carbocycles. The molecule has 1 heterocycles. The largest absolute Gasteiger partial charge is 0.309 e. The van der Waals surface area contributed by atoms with Gasteiger partial charge in [-0.2, -0.15) is 9.57 Å². The van der Waals surface area contributed by atoms with E-state index in [4.69, 9.17) is 5.26 Å². The SMILES string of the molecule is CC1(C)CN(S(=O)(=O)c2ccccc2C#N)CCN1. The van der Waals surface area contributed by atoms with Gasteiger partial charge in [0.25, 0.3) is 0 Å². The quantitative estimate of drug-likeness (QED) is 0.874. The maximum atomic E-state index is 12.6. The van der Waals surface area contributed by atoms with E-state index in [0.717, 1.165) is 0 Å². The Balaban J connectivity index is 2.40. The van der Waals surface area contributed by atoms with Crippen molar-refractivity contribution in [1.29, 1.82) is 5.26 Å². The third kappa shape index (κ3) is 2.78. The molecule has 0 amide bonds. The van der Waals surface area contributed by atoms with Gasteiger partial charge in [-0.25, -0.2) is 8.42 Å².